The molecule has 2 aliphatic rings. The van der Waals surface area contributed by atoms with Crippen LogP contribution < -0.4 is 0 Å². The summed E-state index contributed by atoms with van der Waals surface area (Å²) < 4.78 is 6.03. The molecule has 1 heterocycles. The summed E-state index contributed by atoms with van der Waals surface area (Å²) in [5, 5.41) is 11.0. The lowest BCUT2D eigenvalue weighted by Crippen LogP contribution is -2.49. The highest BCUT2D eigenvalue weighted by Crippen LogP contribution is 2.52. The van der Waals surface area contributed by atoms with E-state index < -0.39 is 40.6 Å². The second kappa shape index (κ2) is 12.5. The van der Waals surface area contributed by atoms with E-state index in [2.05, 4.69) is 47.6 Å². The molecule has 1 aliphatic heterocycles. The third-order valence-electron chi connectivity index (χ3n) is 8.21. The Labute approximate surface area is 263 Å². The molecule has 0 radical (unpaired) electrons. The molecular formula is C35H39NO5S2. The molecule has 4 rings (SSSR count). The van der Waals surface area contributed by atoms with Gasteiger partial charge in [-0.05, 0) is 34.4 Å². The molecule has 8 heteroatoms. The maximum absolute atomic E-state index is 14.5. The highest BCUT2D eigenvalue weighted by atomic mass is 32.2. The van der Waals surface area contributed by atoms with Crippen molar-refractivity contribution >= 4 is 46.8 Å². The minimum absolute atomic E-state index is 0.0546. The van der Waals surface area contributed by atoms with Crippen molar-refractivity contribution in [2.45, 2.75) is 71.6 Å². The Morgan fingerprint density at radius 2 is 1.42 bits per heavy atom. The second-order valence-electron chi connectivity index (χ2n) is 13.1. The fraction of sp³-hybridized carbons (Fsp3) is 0.457. The van der Waals surface area contributed by atoms with Crippen LogP contribution in [0.3, 0.4) is 0 Å². The molecule has 0 spiro atoms. The van der Waals surface area contributed by atoms with E-state index in [9.17, 15) is 24.4 Å². The number of allylic oxidation sites excluding steroid dienone is 1. The number of benzene rings is 2. The summed E-state index contributed by atoms with van der Waals surface area (Å²) in [5.74, 6) is -4.29. The van der Waals surface area contributed by atoms with E-state index in [1.54, 1.807) is 31.2 Å². The Morgan fingerprint density at radius 3 is 1.88 bits per heavy atom. The van der Waals surface area contributed by atoms with Crippen molar-refractivity contribution in [1.29, 1.82) is 5.26 Å². The van der Waals surface area contributed by atoms with Crippen molar-refractivity contribution in [2.24, 2.45) is 11.3 Å². The van der Waals surface area contributed by atoms with Crippen molar-refractivity contribution in [2.75, 3.05) is 18.1 Å². The zero-order valence-corrected chi connectivity index (χ0v) is 27.5. The van der Waals surface area contributed by atoms with Crippen LogP contribution in [0.5, 0.6) is 0 Å². The first-order valence-corrected chi connectivity index (χ1v) is 16.5. The van der Waals surface area contributed by atoms with Crippen molar-refractivity contribution in [3.8, 4) is 6.07 Å². The quantitative estimate of drug-likeness (QED) is 0.0869. The maximum atomic E-state index is 14.5. The molecule has 0 unspecified atom stereocenters. The van der Waals surface area contributed by atoms with Crippen LogP contribution in [0.2, 0.25) is 0 Å². The number of Topliss-reactive ketones (excluding diaryl/α,β-unsaturated/α-hetero) is 3. The molecule has 1 saturated heterocycles. The van der Waals surface area contributed by atoms with Crippen LogP contribution >= 0.6 is 23.5 Å². The number of hydrogen-bond acceptors (Lipinski definition) is 8. The molecule has 2 aromatic rings. The van der Waals surface area contributed by atoms with Gasteiger partial charge in [0.15, 0.2) is 22.8 Å². The average Bonchev–Trinajstić information content (AvgIpc) is 3.45. The molecule has 226 valence electrons. The number of nitrogens with zero attached hydrogens (tertiary/aromatic N) is 1. The number of esters is 1. The predicted molar refractivity (Wildman–Crippen MR) is 172 cm³/mol. The van der Waals surface area contributed by atoms with Gasteiger partial charge in [0.1, 0.15) is 5.92 Å². The van der Waals surface area contributed by atoms with Crippen molar-refractivity contribution < 1.29 is 23.9 Å². The lowest BCUT2D eigenvalue weighted by molar-refractivity contribution is -0.157. The molecule has 6 nitrogen and oxygen atoms in total. The molecule has 0 bridgehead atoms. The van der Waals surface area contributed by atoms with E-state index in [-0.39, 0.29) is 35.0 Å². The van der Waals surface area contributed by atoms with E-state index >= 15 is 0 Å². The monoisotopic (exact) mass is 617 g/mol. The topological polar surface area (TPSA) is 101 Å². The van der Waals surface area contributed by atoms with Crippen LogP contribution in [0.1, 0.15) is 87.9 Å². The van der Waals surface area contributed by atoms with E-state index in [1.165, 1.54) is 23.5 Å². The van der Waals surface area contributed by atoms with Crippen LogP contribution in [0.15, 0.2) is 58.3 Å². The van der Waals surface area contributed by atoms with Crippen LogP contribution in [0, 0.1) is 22.7 Å². The summed E-state index contributed by atoms with van der Waals surface area (Å²) in [6.45, 7) is 13.9. The molecule has 0 aromatic heterocycles. The first kappa shape index (κ1) is 32.8. The lowest BCUT2D eigenvalue weighted by atomic mass is 9.61. The number of ketones is 3. The fourth-order valence-electron chi connectivity index (χ4n) is 5.73. The smallest absolute Gasteiger partial charge is 0.328 e. The summed E-state index contributed by atoms with van der Waals surface area (Å²) in [7, 11) is 0. The molecule has 2 aromatic carbocycles. The summed E-state index contributed by atoms with van der Waals surface area (Å²) >= 11 is 2.80. The van der Waals surface area contributed by atoms with Crippen molar-refractivity contribution in [3.05, 3.63) is 80.6 Å². The van der Waals surface area contributed by atoms with Crippen LogP contribution in [-0.4, -0.2) is 41.4 Å². The van der Waals surface area contributed by atoms with Gasteiger partial charge in [-0.2, -0.15) is 5.26 Å². The van der Waals surface area contributed by atoms with Gasteiger partial charge >= 0.3 is 5.97 Å². The normalized spacial score (nSPS) is 23.1. The van der Waals surface area contributed by atoms with Crippen LogP contribution in [-0.2, 0) is 30.0 Å². The van der Waals surface area contributed by atoms with Gasteiger partial charge in [0.2, 0.25) is 0 Å². The van der Waals surface area contributed by atoms with Gasteiger partial charge < -0.3 is 4.74 Å². The Kier molecular flexibility index (Phi) is 9.49. The van der Waals surface area contributed by atoms with Gasteiger partial charge in [-0.25, -0.2) is 0 Å². The van der Waals surface area contributed by atoms with Gasteiger partial charge in [0.05, 0.1) is 22.5 Å². The van der Waals surface area contributed by atoms with Gasteiger partial charge in [-0.3, -0.25) is 19.2 Å². The Hall–Kier alpha value is -3.15. The predicted octanol–water partition coefficient (Wildman–Crippen LogP) is 7.17. The Morgan fingerprint density at radius 1 is 0.907 bits per heavy atom. The largest absolute Gasteiger partial charge is 0.465 e. The van der Waals surface area contributed by atoms with Crippen LogP contribution in [0.25, 0.3) is 0 Å². The Bertz CT molecular complexity index is 1500. The summed E-state index contributed by atoms with van der Waals surface area (Å²) in [5.41, 5.74) is 0.0720. The number of thioether (sulfide) groups is 2. The van der Waals surface area contributed by atoms with E-state index in [0.717, 1.165) is 22.6 Å². The fourth-order valence-corrected chi connectivity index (χ4v) is 8.32. The highest BCUT2D eigenvalue weighted by molar-refractivity contribution is 8.25. The molecule has 1 saturated carbocycles. The maximum Gasteiger partial charge on any atom is 0.328 e. The average molecular weight is 618 g/mol. The molecule has 3 atom stereocenters. The minimum Gasteiger partial charge on any atom is -0.465 e. The zero-order valence-electron chi connectivity index (χ0n) is 25.9. The first-order chi connectivity index (χ1) is 20.2. The lowest BCUT2D eigenvalue weighted by Gasteiger charge is -2.36. The molecular weight excluding hydrogens is 579 g/mol. The van der Waals surface area contributed by atoms with Gasteiger partial charge in [-0.1, -0.05) is 90.1 Å². The first-order valence-electron chi connectivity index (χ1n) is 14.6. The van der Waals surface area contributed by atoms with Crippen molar-refractivity contribution in [1.82, 2.24) is 0 Å². The van der Waals surface area contributed by atoms with Gasteiger partial charge in [0, 0.05) is 29.4 Å². The number of carbonyl (C=O) groups excluding carboxylic acids is 4. The second-order valence-corrected chi connectivity index (χ2v) is 15.6. The van der Waals surface area contributed by atoms with Crippen molar-refractivity contribution in [3.63, 3.8) is 0 Å². The minimum atomic E-state index is -2.26. The van der Waals surface area contributed by atoms with E-state index in [1.807, 2.05) is 24.3 Å². The number of nitriles is 1. The number of ether oxygens (including phenoxy) is 1. The summed E-state index contributed by atoms with van der Waals surface area (Å²) in [6, 6.07) is 16.4. The number of rotatable bonds is 5. The van der Waals surface area contributed by atoms with Gasteiger partial charge in [0.25, 0.3) is 0 Å². The van der Waals surface area contributed by atoms with Crippen LogP contribution in [0.4, 0.5) is 0 Å². The Balaban J connectivity index is 2.00. The standard InChI is InChI=1S/C35H39NO5S2/c1-8-41-32(40)35(20-36)25(21-9-13-23(14-10-21)33(2,3)4)19-26(37)27(31-42-17-18-43-31)30(39)28(35)29(38)22-11-15-24(16-12-22)34(5,6)7/h9-16,25,28H,8,17-19H2,1-7H3/t25-,28+,35-/m1/s1. The SMILES string of the molecule is CCOC(=O)[C@@]1(C#N)[C@@H](C(=O)c2ccc(C(C)(C)C)cc2)C(=O)C(=C2SCCS2)C(=O)C[C@@H]1c1ccc(C(C)(C)C)cc1. The summed E-state index contributed by atoms with van der Waals surface area (Å²) in [6.07, 6.45) is -0.278. The third kappa shape index (κ3) is 6.25. The van der Waals surface area contributed by atoms with E-state index in [4.69, 9.17) is 4.74 Å². The summed E-state index contributed by atoms with van der Waals surface area (Å²) in [4.78, 5) is 57.1. The van der Waals surface area contributed by atoms with Gasteiger partial charge in [-0.15, -0.1) is 23.5 Å². The highest BCUT2D eigenvalue weighted by Gasteiger charge is 2.63. The zero-order chi connectivity index (χ0) is 31.7. The molecule has 43 heavy (non-hydrogen) atoms. The molecule has 0 N–H and O–H groups in total. The molecule has 1 aliphatic carbocycles. The number of hydrogen-bond donors (Lipinski definition) is 0. The molecule has 2 fully saturated rings. The third-order valence-corrected chi connectivity index (χ3v) is 10.9. The number of carbonyl (C=O) groups is 4. The van der Waals surface area contributed by atoms with E-state index in [0.29, 0.717) is 9.80 Å². The molecule has 0 amide bonds.